The van der Waals surface area contributed by atoms with E-state index in [0.29, 0.717) is 12.6 Å². The largest absolute Gasteiger partial charge is 0.399 e. The van der Waals surface area contributed by atoms with E-state index in [0.717, 1.165) is 17.8 Å². The number of hydrogen-bond acceptors (Lipinski definition) is 4. The minimum absolute atomic E-state index is 0.203. The molecule has 0 radical (unpaired) electrons. The molecule has 0 aromatic heterocycles. The minimum atomic E-state index is -0.689. The van der Waals surface area contributed by atoms with Crippen LogP contribution in [0.2, 0.25) is 0 Å². The summed E-state index contributed by atoms with van der Waals surface area (Å²) >= 11 is 0. The van der Waals surface area contributed by atoms with Crippen LogP contribution < -0.4 is 5.73 Å². The lowest BCUT2D eigenvalue weighted by Crippen LogP contribution is -2.38. The van der Waals surface area contributed by atoms with Crippen LogP contribution >= 0.6 is 0 Å². The molecule has 0 aliphatic rings. The van der Waals surface area contributed by atoms with Crippen molar-refractivity contribution in [3.8, 4) is 0 Å². The zero-order valence-corrected chi connectivity index (χ0v) is 10.5. The summed E-state index contributed by atoms with van der Waals surface area (Å²) in [7, 11) is 0. The number of hydrogen-bond donors (Lipinski definition) is 3. The predicted octanol–water partition coefficient (Wildman–Crippen LogP) is 0.832. The van der Waals surface area contributed by atoms with Crippen LogP contribution in [0.4, 0.5) is 5.69 Å². The molecule has 0 saturated carbocycles. The number of nitrogen functional groups attached to an aromatic ring is 1. The average molecular weight is 238 g/mol. The van der Waals surface area contributed by atoms with Crippen LogP contribution in [-0.4, -0.2) is 40.4 Å². The Morgan fingerprint density at radius 1 is 1.24 bits per heavy atom. The fourth-order valence-electron chi connectivity index (χ4n) is 1.64. The van der Waals surface area contributed by atoms with Crippen LogP contribution in [-0.2, 0) is 6.54 Å². The molecule has 1 atom stereocenters. The molecular formula is C13H22N2O2. The van der Waals surface area contributed by atoms with Crippen molar-refractivity contribution in [3.05, 3.63) is 29.8 Å². The SMILES string of the molecule is CC(C)N(Cc1ccc(N)cc1)CC(O)CO. The number of benzene rings is 1. The summed E-state index contributed by atoms with van der Waals surface area (Å²) in [5.74, 6) is 0. The lowest BCUT2D eigenvalue weighted by atomic mass is 10.1. The van der Waals surface area contributed by atoms with Crippen molar-refractivity contribution in [3.63, 3.8) is 0 Å². The van der Waals surface area contributed by atoms with Crippen molar-refractivity contribution in [2.24, 2.45) is 0 Å². The molecule has 4 N–H and O–H groups in total. The molecule has 96 valence electrons. The average Bonchev–Trinajstić information content (AvgIpc) is 2.30. The van der Waals surface area contributed by atoms with Crippen molar-refractivity contribution < 1.29 is 10.2 Å². The summed E-state index contributed by atoms with van der Waals surface area (Å²) in [6.45, 7) is 5.15. The van der Waals surface area contributed by atoms with E-state index in [1.54, 1.807) is 0 Å². The van der Waals surface area contributed by atoms with Crippen molar-refractivity contribution in [1.29, 1.82) is 0 Å². The van der Waals surface area contributed by atoms with Crippen LogP contribution in [0, 0.1) is 0 Å². The van der Waals surface area contributed by atoms with Gasteiger partial charge in [-0.15, -0.1) is 0 Å². The maximum absolute atomic E-state index is 9.49. The summed E-state index contributed by atoms with van der Waals surface area (Å²) in [5.41, 5.74) is 7.53. The lowest BCUT2D eigenvalue weighted by molar-refractivity contribution is 0.0464. The summed E-state index contributed by atoms with van der Waals surface area (Å²) < 4.78 is 0. The first-order valence-corrected chi connectivity index (χ1v) is 5.90. The normalized spacial score (nSPS) is 13.3. The van der Waals surface area contributed by atoms with E-state index in [2.05, 4.69) is 18.7 Å². The van der Waals surface area contributed by atoms with Gasteiger partial charge in [-0.1, -0.05) is 12.1 Å². The van der Waals surface area contributed by atoms with E-state index in [1.807, 2.05) is 24.3 Å². The summed E-state index contributed by atoms with van der Waals surface area (Å²) in [4.78, 5) is 2.12. The number of aliphatic hydroxyl groups excluding tert-OH is 2. The van der Waals surface area contributed by atoms with Gasteiger partial charge in [-0.25, -0.2) is 0 Å². The van der Waals surface area contributed by atoms with Gasteiger partial charge in [-0.2, -0.15) is 0 Å². The highest BCUT2D eigenvalue weighted by Gasteiger charge is 2.14. The zero-order valence-electron chi connectivity index (χ0n) is 10.5. The molecule has 17 heavy (non-hydrogen) atoms. The van der Waals surface area contributed by atoms with Gasteiger partial charge in [0.05, 0.1) is 12.7 Å². The number of rotatable bonds is 6. The molecule has 1 unspecified atom stereocenters. The fraction of sp³-hybridized carbons (Fsp3) is 0.538. The molecule has 0 heterocycles. The maximum Gasteiger partial charge on any atom is 0.0897 e. The molecule has 0 amide bonds. The second kappa shape index (κ2) is 6.59. The van der Waals surface area contributed by atoms with E-state index in [4.69, 9.17) is 10.8 Å². The summed E-state index contributed by atoms with van der Waals surface area (Å²) in [6.07, 6.45) is -0.689. The first-order valence-electron chi connectivity index (χ1n) is 5.90. The monoisotopic (exact) mass is 238 g/mol. The third-order valence-corrected chi connectivity index (χ3v) is 2.75. The third-order valence-electron chi connectivity index (χ3n) is 2.75. The highest BCUT2D eigenvalue weighted by Crippen LogP contribution is 2.11. The van der Waals surface area contributed by atoms with E-state index >= 15 is 0 Å². The smallest absolute Gasteiger partial charge is 0.0897 e. The highest BCUT2D eigenvalue weighted by molar-refractivity contribution is 5.39. The molecule has 1 aromatic carbocycles. The predicted molar refractivity (Wildman–Crippen MR) is 69.5 cm³/mol. The Labute approximate surface area is 103 Å². The van der Waals surface area contributed by atoms with Gasteiger partial charge in [0.25, 0.3) is 0 Å². The molecule has 0 aliphatic carbocycles. The Kier molecular flexibility index (Phi) is 5.41. The number of nitrogens with zero attached hydrogens (tertiary/aromatic N) is 1. The van der Waals surface area contributed by atoms with Gasteiger partial charge in [-0.3, -0.25) is 4.90 Å². The van der Waals surface area contributed by atoms with Crippen molar-refractivity contribution in [2.75, 3.05) is 18.9 Å². The van der Waals surface area contributed by atoms with Gasteiger partial charge in [0.15, 0.2) is 0 Å². The van der Waals surface area contributed by atoms with Gasteiger partial charge in [-0.05, 0) is 31.5 Å². The van der Waals surface area contributed by atoms with Crippen molar-refractivity contribution in [2.45, 2.75) is 32.5 Å². The fourth-order valence-corrected chi connectivity index (χ4v) is 1.64. The summed E-state index contributed by atoms with van der Waals surface area (Å²) in [5, 5.41) is 18.4. The molecule has 1 aromatic rings. The Balaban J connectivity index is 2.63. The van der Waals surface area contributed by atoms with Crippen LogP contribution in [0.3, 0.4) is 0 Å². The molecule has 4 nitrogen and oxygen atoms in total. The van der Waals surface area contributed by atoms with Gasteiger partial charge in [0.2, 0.25) is 0 Å². The van der Waals surface area contributed by atoms with Crippen molar-refractivity contribution >= 4 is 5.69 Å². The molecule has 0 spiro atoms. The first-order chi connectivity index (χ1) is 8.02. The standard InChI is InChI=1S/C13H22N2O2/c1-10(2)15(8-13(17)9-16)7-11-3-5-12(14)6-4-11/h3-6,10,13,16-17H,7-9,14H2,1-2H3. The first kappa shape index (κ1) is 14.0. The van der Waals surface area contributed by atoms with Crippen molar-refractivity contribution in [1.82, 2.24) is 4.90 Å². The molecule has 1 rings (SSSR count). The number of anilines is 1. The molecule has 0 saturated heterocycles. The minimum Gasteiger partial charge on any atom is -0.399 e. The van der Waals surface area contributed by atoms with Crippen LogP contribution in [0.5, 0.6) is 0 Å². The Morgan fingerprint density at radius 3 is 2.29 bits per heavy atom. The molecule has 0 aliphatic heterocycles. The molecule has 0 fully saturated rings. The van der Waals surface area contributed by atoms with Gasteiger partial charge < -0.3 is 15.9 Å². The van der Waals surface area contributed by atoms with Gasteiger partial charge >= 0.3 is 0 Å². The number of nitrogens with two attached hydrogens (primary N) is 1. The van der Waals surface area contributed by atoms with Crippen LogP contribution in [0.1, 0.15) is 19.4 Å². The van der Waals surface area contributed by atoms with E-state index in [9.17, 15) is 5.11 Å². The number of aliphatic hydroxyl groups is 2. The van der Waals surface area contributed by atoms with E-state index < -0.39 is 6.10 Å². The van der Waals surface area contributed by atoms with E-state index in [-0.39, 0.29) is 6.61 Å². The Bertz CT molecular complexity index is 325. The third kappa shape index (κ3) is 4.73. The Hall–Kier alpha value is -1.10. The molecule has 4 heteroatoms. The zero-order chi connectivity index (χ0) is 12.8. The summed E-state index contributed by atoms with van der Waals surface area (Å²) in [6, 6.07) is 8.02. The quantitative estimate of drug-likeness (QED) is 0.642. The van der Waals surface area contributed by atoms with E-state index in [1.165, 1.54) is 0 Å². The van der Waals surface area contributed by atoms with Crippen LogP contribution in [0.25, 0.3) is 0 Å². The topological polar surface area (TPSA) is 69.7 Å². The Morgan fingerprint density at radius 2 is 1.82 bits per heavy atom. The van der Waals surface area contributed by atoms with Gasteiger partial charge in [0.1, 0.15) is 0 Å². The van der Waals surface area contributed by atoms with Crippen LogP contribution in [0.15, 0.2) is 24.3 Å². The second-order valence-electron chi connectivity index (χ2n) is 4.60. The highest BCUT2D eigenvalue weighted by atomic mass is 16.3. The molecule has 0 bridgehead atoms. The molecular weight excluding hydrogens is 216 g/mol. The maximum atomic E-state index is 9.49. The lowest BCUT2D eigenvalue weighted by Gasteiger charge is -2.28. The second-order valence-corrected chi connectivity index (χ2v) is 4.60. The van der Waals surface area contributed by atoms with Gasteiger partial charge in [0, 0.05) is 24.8 Å².